The third-order valence-corrected chi connectivity index (χ3v) is 20.7. The quantitative estimate of drug-likeness (QED) is 0.0222. The van der Waals surface area contributed by atoms with Gasteiger partial charge < -0.3 is 33.8 Å². The number of phosphoric acid groups is 2. The van der Waals surface area contributed by atoms with Gasteiger partial charge in [0, 0.05) is 25.7 Å². The molecule has 3 N–H and O–H groups in total. The molecule has 0 aromatic heterocycles. The van der Waals surface area contributed by atoms with Crippen molar-refractivity contribution in [2.75, 3.05) is 39.6 Å². The van der Waals surface area contributed by atoms with Crippen molar-refractivity contribution in [3.05, 3.63) is 0 Å². The van der Waals surface area contributed by atoms with Crippen LogP contribution in [-0.2, 0) is 65.4 Å². The Labute approximate surface area is 607 Å². The summed E-state index contributed by atoms with van der Waals surface area (Å²) >= 11 is 0. The van der Waals surface area contributed by atoms with Crippen molar-refractivity contribution in [3.63, 3.8) is 0 Å². The van der Waals surface area contributed by atoms with Crippen LogP contribution in [0.3, 0.4) is 0 Å². The Hall–Kier alpha value is -1.94. The first-order valence-corrected chi connectivity index (χ1v) is 44.6. The van der Waals surface area contributed by atoms with Crippen molar-refractivity contribution >= 4 is 39.5 Å². The van der Waals surface area contributed by atoms with Crippen LogP contribution in [0.4, 0.5) is 0 Å². The van der Waals surface area contributed by atoms with E-state index in [1.807, 2.05) is 0 Å². The number of aliphatic hydroxyl groups is 1. The molecule has 0 aromatic carbocycles. The predicted octanol–water partition coefficient (Wildman–Crippen LogP) is 24.0. The fourth-order valence-electron chi connectivity index (χ4n) is 12.4. The molecule has 0 aliphatic rings. The summed E-state index contributed by atoms with van der Waals surface area (Å²) in [6.45, 7) is 7.27. The van der Waals surface area contributed by atoms with Crippen LogP contribution in [0.2, 0.25) is 0 Å². The van der Waals surface area contributed by atoms with Gasteiger partial charge in [-0.25, -0.2) is 9.13 Å². The van der Waals surface area contributed by atoms with E-state index in [0.29, 0.717) is 31.6 Å². The molecule has 0 bridgehead atoms. The van der Waals surface area contributed by atoms with E-state index in [9.17, 15) is 43.2 Å². The smallest absolute Gasteiger partial charge is 0.462 e. The highest BCUT2D eigenvalue weighted by Gasteiger charge is 2.30. The molecule has 0 aliphatic carbocycles. The topological polar surface area (TPSA) is 237 Å². The van der Waals surface area contributed by atoms with Gasteiger partial charge in [0.15, 0.2) is 12.2 Å². The van der Waals surface area contributed by atoms with Gasteiger partial charge in [-0.2, -0.15) is 0 Å². The Balaban J connectivity index is 5.23. The number of esters is 4. The highest BCUT2D eigenvalue weighted by atomic mass is 31.2. The minimum absolute atomic E-state index is 0.107. The second-order valence-corrected chi connectivity index (χ2v) is 32.2. The molecule has 0 saturated carbocycles. The molecule has 588 valence electrons. The van der Waals surface area contributed by atoms with E-state index in [-0.39, 0.29) is 25.7 Å². The van der Waals surface area contributed by atoms with Crippen LogP contribution in [0.5, 0.6) is 0 Å². The van der Waals surface area contributed by atoms with Gasteiger partial charge in [0.1, 0.15) is 19.3 Å². The monoisotopic (exact) mass is 1450 g/mol. The van der Waals surface area contributed by atoms with Crippen molar-refractivity contribution in [3.8, 4) is 0 Å². The lowest BCUT2D eigenvalue weighted by Crippen LogP contribution is -2.30. The maximum absolute atomic E-state index is 13.1. The van der Waals surface area contributed by atoms with E-state index < -0.39 is 97.5 Å². The van der Waals surface area contributed by atoms with Crippen molar-refractivity contribution in [2.45, 2.75) is 445 Å². The van der Waals surface area contributed by atoms with Crippen LogP contribution in [0.15, 0.2) is 0 Å². The number of phosphoric ester groups is 2. The number of rotatable bonds is 80. The van der Waals surface area contributed by atoms with Gasteiger partial charge in [0.2, 0.25) is 0 Å². The minimum atomic E-state index is -4.96. The molecule has 0 fully saturated rings. The molecule has 0 spiro atoms. The lowest BCUT2D eigenvalue weighted by Gasteiger charge is -2.21. The van der Waals surface area contributed by atoms with E-state index >= 15 is 0 Å². The highest BCUT2D eigenvalue weighted by Crippen LogP contribution is 2.45. The number of hydrogen-bond acceptors (Lipinski definition) is 15. The van der Waals surface area contributed by atoms with Crippen LogP contribution >= 0.6 is 15.6 Å². The Bertz CT molecular complexity index is 1890. The van der Waals surface area contributed by atoms with Crippen LogP contribution in [0, 0.1) is 5.92 Å². The van der Waals surface area contributed by atoms with Crippen LogP contribution < -0.4 is 0 Å². The van der Waals surface area contributed by atoms with Gasteiger partial charge in [-0.3, -0.25) is 37.3 Å². The maximum atomic E-state index is 13.1. The van der Waals surface area contributed by atoms with Gasteiger partial charge >= 0.3 is 39.5 Å². The summed E-state index contributed by atoms with van der Waals surface area (Å²) in [5.41, 5.74) is 0. The Morgan fingerprint density at radius 3 is 0.687 bits per heavy atom. The molecule has 0 heterocycles. The molecule has 0 aliphatic heterocycles. The minimum Gasteiger partial charge on any atom is -0.462 e. The normalized spacial score (nSPS) is 13.9. The van der Waals surface area contributed by atoms with Gasteiger partial charge in [-0.15, -0.1) is 0 Å². The molecule has 0 aromatic rings. The predicted molar refractivity (Wildman–Crippen MR) is 405 cm³/mol. The van der Waals surface area contributed by atoms with Crippen molar-refractivity contribution in [1.29, 1.82) is 0 Å². The second-order valence-electron chi connectivity index (χ2n) is 29.3. The fourth-order valence-corrected chi connectivity index (χ4v) is 14.0. The zero-order chi connectivity index (χ0) is 72.7. The maximum Gasteiger partial charge on any atom is 0.472 e. The lowest BCUT2D eigenvalue weighted by atomic mass is 10.0. The number of aliphatic hydroxyl groups excluding tert-OH is 1. The largest absolute Gasteiger partial charge is 0.472 e. The summed E-state index contributed by atoms with van der Waals surface area (Å²) in [5, 5.41) is 10.6. The van der Waals surface area contributed by atoms with Gasteiger partial charge in [0.25, 0.3) is 0 Å². The lowest BCUT2D eigenvalue weighted by molar-refractivity contribution is -0.161. The molecule has 0 amide bonds. The Morgan fingerprint density at radius 2 is 0.465 bits per heavy atom. The van der Waals surface area contributed by atoms with Gasteiger partial charge in [-0.1, -0.05) is 375 Å². The number of hydrogen-bond donors (Lipinski definition) is 3. The summed E-state index contributed by atoms with van der Waals surface area (Å²) in [5.74, 6) is -1.40. The first-order valence-electron chi connectivity index (χ1n) is 41.6. The molecule has 19 heteroatoms. The van der Waals surface area contributed by atoms with Crippen LogP contribution in [0.25, 0.3) is 0 Å². The van der Waals surface area contributed by atoms with Gasteiger partial charge in [-0.05, 0) is 31.6 Å². The number of ether oxygens (including phenoxy) is 4. The number of carbonyl (C=O) groups is 4. The fraction of sp³-hybridized carbons (Fsp3) is 0.950. The zero-order valence-corrected chi connectivity index (χ0v) is 66.4. The molecule has 0 rings (SSSR count). The average Bonchev–Trinajstić information content (AvgIpc) is 1.50. The molecular formula is C80H156O17P2. The summed E-state index contributed by atoms with van der Waals surface area (Å²) in [7, 11) is -9.92. The Kier molecular flexibility index (Phi) is 71.6. The summed E-state index contributed by atoms with van der Waals surface area (Å²) in [6.07, 6.45) is 63.9. The first-order chi connectivity index (χ1) is 48.0. The number of carbonyl (C=O) groups excluding carboxylic acids is 4. The third kappa shape index (κ3) is 74.1. The van der Waals surface area contributed by atoms with Crippen LogP contribution in [0.1, 0.15) is 426 Å². The zero-order valence-electron chi connectivity index (χ0n) is 64.6. The van der Waals surface area contributed by atoms with Crippen molar-refractivity contribution < 1.29 is 80.2 Å². The third-order valence-electron chi connectivity index (χ3n) is 18.8. The summed E-state index contributed by atoms with van der Waals surface area (Å²) in [4.78, 5) is 73.0. The summed E-state index contributed by atoms with van der Waals surface area (Å²) in [6, 6.07) is 0. The van der Waals surface area contributed by atoms with E-state index in [0.717, 1.165) is 96.3 Å². The standard InChI is InChI=1S/C80H156O17P2/c1-6-9-12-15-18-21-24-27-29-31-33-35-38-40-43-48-53-58-63-77(82)90-69-75(96-80(85)66-61-56-50-45-42-39-36-34-32-30-28-25-22-19-16-13-10-7-2)71-94-98(86,87)92-67-74(81)68-93-99(88,89)95-72-76(70-91-78(83)64-59-54-51-46-47-52-57-62-73(4)5)97-79(84)65-60-55-49-44-41-37-26-23-20-17-14-11-8-3/h73-76,81H,6-72H2,1-5H3,(H,86,87)(H,88,89)/t74-,75-,76-/m1/s1. The van der Waals surface area contributed by atoms with E-state index in [2.05, 4.69) is 34.6 Å². The first kappa shape index (κ1) is 97.1. The number of unbranched alkanes of at least 4 members (excludes halogenated alkanes) is 52. The highest BCUT2D eigenvalue weighted by molar-refractivity contribution is 7.47. The molecule has 5 atom stereocenters. The average molecular weight is 1450 g/mol. The van der Waals surface area contributed by atoms with Crippen LogP contribution in [-0.4, -0.2) is 96.7 Å². The molecule has 0 radical (unpaired) electrons. The molecule has 17 nitrogen and oxygen atoms in total. The van der Waals surface area contributed by atoms with E-state index in [1.165, 1.54) is 244 Å². The molecule has 99 heavy (non-hydrogen) atoms. The molecular weight excluding hydrogens is 1290 g/mol. The second kappa shape index (κ2) is 73.0. The SMILES string of the molecule is CCCCCCCCCCCCCCCCCCCCC(=O)OC[C@H](COP(=O)(O)OC[C@@H](O)COP(=O)(O)OC[C@@H](COC(=O)CCCCCCCCCC(C)C)OC(=O)CCCCCCCCCCCCCCC)OC(=O)CCCCCCCCCCCCCCCCCCCC. The van der Waals surface area contributed by atoms with Gasteiger partial charge in [0.05, 0.1) is 26.4 Å². The molecule has 0 saturated heterocycles. The Morgan fingerprint density at radius 1 is 0.273 bits per heavy atom. The molecule has 2 unspecified atom stereocenters. The van der Waals surface area contributed by atoms with Crippen molar-refractivity contribution in [2.24, 2.45) is 5.92 Å². The van der Waals surface area contributed by atoms with E-state index in [4.69, 9.17) is 37.0 Å². The van der Waals surface area contributed by atoms with Crippen molar-refractivity contribution in [1.82, 2.24) is 0 Å². The summed E-state index contributed by atoms with van der Waals surface area (Å²) < 4.78 is 68.7. The van der Waals surface area contributed by atoms with E-state index in [1.54, 1.807) is 0 Å².